The van der Waals surface area contributed by atoms with Crippen LogP contribution < -0.4 is 18.9 Å². The number of H-pyrrole nitrogens is 1. The van der Waals surface area contributed by atoms with E-state index in [0.717, 1.165) is 27.9 Å². The number of carbonyl (C=O) groups excluding carboxylic acids is 1. The summed E-state index contributed by atoms with van der Waals surface area (Å²) >= 11 is 0. The molecule has 0 spiro atoms. The molecular formula is C25H23NO5. The predicted octanol–water partition coefficient (Wildman–Crippen LogP) is 5.10. The fourth-order valence-electron chi connectivity index (χ4n) is 3.71. The second-order valence-electron chi connectivity index (χ2n) is 6.89. The molecule has 158 valence electrons. The highest BCUT2D eigenvalue weighted by atomic mass is 16.5. The number of rotatable bonds is 7. The van der Waals surface area contributed by atoms with E-state index in [1.165, 1.54) is 21.3 Å². The molecule has 3 aromatic carbocycles. The summed E-state index contributed by atoms with van der Waals surface area (Å²) in [6.07, 6.45) is 0. The van der Waals surface area contributed by atoms with Crippen LogP contribution in [-0.4, -0.2) is 39.2 Å². The number of nitrogens with one attached hydrogen (secondary N) is 1. The van der Waals surface area contributed by atoms with Gasteiger partial charge in [0.1, 0.15) is 5.75 Å². The van der Waals surface area contributed by atoms with Crippen molar-refractivity contribution in [1.82, 2.24) is 4.98 Å². The van der Waals surface area contributed by atoms with Crippen LogP contribution in [0.4, 0.5) is 0 Å². The van der Waals surface area contributed by atoms with Gasteiger partial charge in [-0.05, 0) is 48.0 Å². The molecule has 0 fully saturated rings. The van der Waals surface area contributed by atoms with Crippen molar-refractivity contribution < 1.29 is 23.7 Å². The summed E-state index contributed by atoms with van der Waals surface area (Å²) in [5, 5.41) is 0.840. The zero-order valence-corrected chi connectivity index (χ0v) is 17.8. The van der Waals surface area contributed by atoms with E-state index in [9.17, 15) is 4.79 Å². The van der Waals surface area contributed by atoms with Crippen LogP contribution >= 0.6 is 0 Å². The lowest BCUT2D eigenvalue weighted by atomic mass is 9.96. The number of hydrogen-bond donors (Lipinski definition) is 1. The van der Waals surface area contributed by atoms with Crippen LogP contribution in [0.5, 0.6) is 23.0 Å². The largest absolute Gasteiger partial charge is 0.497 e. The number of fused-ring (bicyclic) bond motifs is 1. The maximum atomic E-state index is 13.8. The van der Waals surface area contributed by atoms with Crippen LogP contribution in [-0.2, 0) is 0 Å². The maximum Gasteiger partial charge on any atom is 0.203 e. The van der Waals surface area contributed by atoms with E-state index in [0.29, 0.717) is 28.4 Å². The van der Waals surface area contributed by atoms with E-state index in [1.807, 2.05) is 48.5 Å². The molecule has 1 aromatic heterocycles. The van der Waals surface area contributed by atoms with Gasteiger partial charge in [-0.15, -0.1) is 0 Å². The second kappa shape index (κ2) is 8.44. The van der Waals surface area contributed by atoms with Crippen molar-refractivity contribution in [3.05, 3.63) is 71.8 Å². The molecule has 0 aliphatic carbocycles. The van der Waals surface area contributed by atoms with Crippen LogP contribution in [0.15, 0.2) is 60.7 Å². The molecule has 31 heavy (non-hydrogen) atoms. The number of ether oxygens (including phenoxy) is 4. The quantitative estimate of drug-likeness (QED) is 0.424. The fourth-order valence-corrected chi connectivity index (χ4v) is 3.71. The molecule has 0 unspecified atom stereocenters. The van der Waals surface area contributed by atoms with Crippen molar-refractivity contribution in [3.63, 3.8) is 0 Å². The Bertz CT molecular complexity index is 1220. The third-order valence-corrected chi connectivity index (χ3v) is 5.24. The molecule has 0 saturated heterocycles. The molecule has 6 nitrogen and oxygen atoms in total. The fraction of sp³-hybridized carbons (Fsp3) is 0.160. The summed E-state index contributed by atoms with van der Waals surface area (Å²) in [6.45, 7) is 0. The topological polar surface area (TPSA) is 69.8 Å². The van der Waals surface area contributed by atoms with Gasteiger partial charge in [-0.3, -0.25) is 4.79 Å². The van der Waals surface area contributed by atoms with Gasteiger partial charge in [0, 0.05) is 16.5 Å². The zero-order chi connectivity index (χ0) is 22.0. The summed E-state index contributed by atoms with van der Waals surface area (Å²) in [5.41, 5.74) is 3.52. The van der Waals surface area contributed by atoms with E-state index in [2.05, 4.69) is 4.98 Å². The minimum Gasteiger partial charge on any atom is -0.497 e. The van der Waals surface area contributed by atoms with Crippen LogP contribution in [0.25, 0.3) is 22.2 Å². The van der Waals surface area contributed by atoms with Crippen molar-refractivity contribution in [1.29, 1.82) is 0 Å². The number of ketones is 1. The summed E-state index contributed by atoms with van der Waals surface area (Å²) in [7, 11) is 6.21. The minimum absolute atomic E-state index is 0.150. The van der Waals surface area contributed by atoms with Crippen LogP contribution in [0.1, 0.15) is 15.9 Å². The van der Waals surface area contributed by atoms with Crippen LogP contribution in [0.2, 0.25) is 0 Å². The first-order valence-corrected chi connectivity index (χ1v) is 9.71. The Labute approximate surface area is 180 Å². The molecule has 4 aromatic rings. The van der Waals surface area contributed by atoms with Gasteiger partial charge in [-0.1, -0.05) is 18.2 Å². The Balaban J connectivity index is 1.92. The summed E-state index contributed by atoms with van der Waals surface area (Å²) in [5.74, 6) is 1.89. The number of benzene rings is 3. The Morgan fingerprint density at radius 1 is 0.774 bits per heavy atom. The lowest BCUT2D eigenvalue weighted by Crippen LogP contribution is -2.05. The maximum absolute atomic E-state index is 13.8. The number of methoxy groups -OCH3 is 4. The number of para-hydroxylation sites is 1. The van der Waals surface area contributed by atoms with Gasteiger partial charge in [0.15, 0.2) is 17.3 Å². The molecule has 0 saturated carbocycles. The van der Waals surface area contributed by atoms with Gasteiger partial charge in [0.25, 0.3) is 0 Å². The molecule has 1 heterocycles. The average Bonchev–Trinajstić information content (AvgIpc) is 3.22. The lowest BCUT2D eigenvalue weighted by Gasteiger charge is -2.14. The van der Waals surface area contributed by atoms with E-state index in [1.54, 1.807) is 19.2 Å². The van der Waals surface area contributed by atoms with Crippen molar-refractivity contribution in [3.8, 4) is 34.3 Å². The number of aromatic amines is 1. The number of hydrogen-bond acceptors (Lipinski definition) is 5. The van der Waals surface area contributed by atoms with Crippen molar-refractivity contribution >= 4 is 16.7 Å². The Kier molecular flexibility index (Phi) is 5.54. The smallest absolute Gasteiger partial charge is 0.203 e. The van der Waals surface area contributed by atoms with E-state index >= 15 is 0 Å². The third-order valence-electron chi connectivity index (χ3n) is 5.24. The molecular weight excluding hydrogens is 394 g/mol. The van der Waals surface area contributed by atoms with E-state index in [-0.39, 0.29) is 5.78 Å². The van der Waals surface area contributed by atoms with Gasteiger partial charge in [-0.2, -0.15) is 0 Å². The predicted molar refractivity (Wildman–Crippen MR) is 120 cm³/mol. The standard InChI is InChI=1S/C25H23NO5/c1-28-17-11-9-15(10-12-17)23-22(18-7-5-6-8-19(18)26-23)24(27)16-13-20(29-2)25(31-4)21(14-16)30-3/h5-14,26H,1-4H3. The van der Waals surface area contributed by atoms with Gasteiger partial charge < -0.3 is 23.9 Å². The molecule has 0 radical (unpaired) electrons. The Morgan fingerprint density at radius 3 is 2.00 bits per heavy atom. The van der Waals surface area contributed by atoms with Gasteiger partial charge in [0.2, 0.25) is 5.75 Å². The summed E-state index contributed by atoms with van der Waals surface area (Å²) in [4.78, 5) is 17.2. The highest BCUT2D eigenvalue weighted by molar-refractivity contribution is 6.20. The van der Waals surface area contributed by atoms with E-state index in [4.69, 9.17) is 18.9 Å². The monoisotopic (exact) mass is 417 g/mol. The first-order valence-electron chi connectivity index (χ1n) is 9.71. The first-order chi connectivity index (χ1) is 15.1. The minimum atomic E-state index is -0.150. The summed E-state index contributed by atoms with van der Waals surface area (Å²) in [6, 6.07) is 18.7. The van der Waals surface area contributed by atoms with Crippen molar-refractivity contribution in [2.45, 2.75) is 0 Å². The molecule has 6 heteroatoms. The van der Waals surface area contributed by atoms with E-state index < -0.39 is 0 Å². The summed E-state index contributed by atoms with van der Waals surface area (Å²) < 4.78 is 21.5. The Hall–Kier alpha value is -3.93. The third kappa shape index (κ3) is 3.57. The lowest BCUT2D eigenvalue weighted by molar-refractivity contribution is 0.104. The molecule has 0 bridgehead atoms. The zero-order valence-electron chi connectivity index (χ0n) is 17.8. The first kappa shape index (κ1) is 20.3. The normalized spacial score (nSPS) is 10.7. The molecule has 1 N–H and O–H groups in total. The van der Waals surface area contributed by atoms with Gasteiger partial charge in [-0.25, -0.2) is 0 Å². The van der Waals surface area contributed by atoms with Crippen molar-refractivity contribution in [2.75, 3.05) is 28.4 Å². The Morgan fingerprint density at radius 2 is 1.42 bits per heavy atom. The molecule has 4 rings (SSSR count). The molecule has 0 amide bonds. The highest BCUT2D eigenvalue weighted by Gasteiger charge is 2.24. The average molecular weight is 417 g/mol. The van der Waals surface area contributed by atoms with Gasteiger partial charge in [0.05, 0.1) is 39.7 Å². The van der Waals surface area contributed by atoms with Gasteiger partial charge >= 0.3 is 0 Å². The molecule has 0 atom stereocenters. The SMILES string of the molecule is COc1ccc(-c2[nH]c3ccccc3c2C(=O)c2cc(OC)c(OC)c(OC)c2)cc1. The van der Waals surface area contributed by atoms with Crippen LogP contribution in [0.3, 0.4) is 0 Å². The number of aromatic nitrogens is 1. The second-order valence-corrected chi connectivity index (χ2v) is 6.89. The van der Waals surface area contributed by atoms with Crippen molar-refractivity contribution in [2.24, 2.45) is 0 Å². The highest BCUT2D eigenvalue weighted by Crippen LogP contribution is 2.40. The molecule has 0 aliphatic rings. The number of carbonyl (C=O) groups is 1. The van der Waals surface area contributed by atoms with Crippen LogP contribution in [0, 0.1) is 0 Å². The molecule has 0 aliphatic heterocycles.